The van der Waals surface area contributed by atoms with Crippen molar-refractivity contribution >= 4 is 22.7 Å². The lowest BCUT2D eigenvalue weighted by atomic mass is 10.2. The van der Waals surface area contributed by atoms with Gasteiger partial charge in [0.15, 0.2) is 0 Å². The van der Waals surface area contributed by atoms with Crippen molar-refractivity contribution in [3.05, 3.63) is 48.3 Å². The maximum Gasteiger partial charge on any atom is 0.205 e. The standard InChI is InChI=1S/C15H15FN4/c1-19(2)11-4-6-12(7-5-11)20-14-9-10(16)3-8-13(14)18-15(20)17/h3-9H,1-2H3,(H2,17,18). The molecule has 2 aromatic carbocycles. The zero-order valence-electron chi connectivity index (χ0n) is 11.3. The van der Waals surface area contributed by atoms with E-state index in [-0.39, 0.29) is 5.82 Å². The third kappa shape index (κ3) is 1.97. The van der Waals surface area contributed by atoms with E-state index < -0.39 is 0 Å². The van der Waals surface area contributed by atoms with Crippen LogP contribution in [0.5, 0.6) is 0 Å². The molecule has 1 heterocycles. The Morgan fingerprint density at radius 1 is 1.10 bits per heavy atom. The van der Waals surface area contributed by atoms with Gasteiger partial charge in [-0.05, 0) is 36.4 Å². The Bertz CT molecular complexity index is 759. The Hall–Kier alpha value is -2.56. The second-order valence-electron chi connectivity index (χ2n) is 4.85. The van der Waals surface area contributed by atoms with E-state index >= 15 is 0 Å². The first kappa shape index (κ1) is 12.5. The van der Waals surface area contributed by atoms with Crippen LogP contribution < -0.4 is 10.6 Å². The van der Waals surface area contributed by atoms with Crippen LogP contribution in [0.2, 0.25) is 0 Å². The molecule has 0 radical (unpaired) electrons. The molecule has 102 valence electrons. The lowest BCUT2D eigenvalue weighted by Gasteiger charge is -2.13. The summed E-state index contributed by atoms with van der Waals surface area (Å²) >= 11 is 0. The summed E-state index contributed by atoms with van der Waals surface area (Å²) in [4.78, 5) is 6.26. The highest BCUT2D eigenvalue weighted by Crippen LogP contribution is 2.25. The molecular weight excluding hydrogens is 255 g/mol. The highest BCUT2D eigenvalue weighted by Gasteiger charge is 2.10. The fraction of sp³-hybridized carbons (Fsp3) is 0.133. The van der Waals surface area contributed by atoms with E-state index in [2.05, 4.69) is 4.98 Å². The van der Waals surface area contributed by atoms with Crippen LogP contribution in [0.25, 0.3) is 16.7 Å². The number of anilines is 2. The molecule has 0 saturated heterocycles. The van der Waals surface area contributed by atoms with E-state index in [1.807, 2.05) is 43.3 Å². The van der Waals surface area contributed by atoms with Crippen molar-refractivity contribution in [2.24, 2.45) is 0 Å². The van der Waals surface area contributed by atoms with Gasteiger partial charge in [0.2, 0.25) is 5.95 Å². The number of nitrogens with two attached hydrogens (primary N) is 1. The van der Waals surface area contributed by atoms with Crippen molar-refractivity contribution in [1.29, 1.82) is 0 Å². The topological polar surface area (TPSA) is 47.1 Å². The normalized spacial score (nSPS) is 10.9. The first-order valence-corrected chi connectivity index (χ1v) is 6.27. The minimum Gasteiger partial charge on any atom is -0.378 e. The van der Waals surface area contributed by atoms with Gasteiger partial charge in [-0.1, -0.05) is 0 Å². The fourth-order valence-corrected chi connectivity index (χ4v) is 2.24. The molecule has 3 aromatic rings. The minimum absolute atomic E-state index is 0.302. The Morgan fingerprint density at radius 3 is 2.45 bits per heavy atom. The minimum atomic E-state index is -0.302. The van der Waals surface area contributed by atoms with Gasteiger partial charge in [-0.3, -0.25) is 4.57 Å². The number of hydrogen-bond donors (Lipinski definition) is 1. The number of halogens is 1. The second kappa shape index (κ2) is 4.52. The van der Waals surface area contributed by atoms with Crippen molar-refractivity contribution in [2.75, 3.05) is 24.7 Å². The second-order valence-corrected chi connectivity index (χ2v) is 4.85. The number of nitrogens with zero attached hydrogens (tertiary/aromatic N) is 3. The Labute approximate surface area is 116 Å². The van der Waals surface area contributed by atoms with Crippen LogP contribution in [0.3, 0.4) is 0 Å². The number of fused-ring (bicyclic) bond motifs is 1. The molecule has 0 fully saturated rings. The predicted molar refractivity (Wildman–Crippen MR) is 79.8 cm³/mol. The molecular formula is C15H15FN4. The van der Waals surface area contributed by atoms with E-state index in [1.54, 1.807) is 10.6 Å². The number of hydrogen-bond acceptors (Lipinski definition) is 3. The Kier molecular flexibility index (Phi) is 2.82. The molecule has 0 amide bonds. The number of aromatic nitrogens is 2. The van der Waals surface area contributed by atoms with Crippen molar-refractivity contribution in [3.8, 4) is 5.69 Å². The fourth-order valence-electron chi connectivity index (χ4n) is 2.24. The summed E-state index contributed by atoms with van der Waals surface area (Å²) in [7, 11) is 3.96. The summed E-state index contributed by atoms with van der Waals surface area (Å²) in [5, 5.41) is 0. The van der Waals surface area contributed by atoms with Gasteiger partial charge in [0, 0.05) is 31.5 Å². The lowest BCUT2D eigenvalue weighted by Crippen LogP contribution is -2.08. The Balaban J connectivity index is 2.18. The molecule has 0 atom stereocenters. The first-order valence-electron chi connectivity index (χ1n) is 6.27. The van der Waals surface area contributed by atoms with Crippen molar-refractivity contribution < 1.29 is 4.39 Å². The van der Waals surface area contributed by atoms with Gasteiger partial charge in [-0.15, -0.1) is 0 Å². The molecule has 0 unspecified atom stereocenters. The van der Waals surface area contributed by atoms with E-state index in [4.69, 9.17) is 5.73 Å². The van der Waals surface area contributed by atoms with Crippen LogP contribution >= 0.6 is 0 Å². The van der Waals surface area contributed by atoms with Gasteiger partial charge in [0.05, 0.1) is 11.0 Å². The SMILES string of the molecule is CN(C)c1ccc(-n2c(N)nc3ccc(F)cc32)cc1. The molecule has 3 rings (SSSR count). The molecule has 0 aliphatic heterocycles. The number of nitrogen functional groups attached to an aromatic ring is 1. The Morgan fingerprint density at radius 2 is 1.80 bits per heavy atom. The third-order valence-corrected chi connectivity index (χ3v) is 3.27. The smallest absolute Gasteiger partial charge is 0.205 e. The van der Waals surface area contributed by atoms with Crippen LogP contribution in [0, 0.1) is 5.82 Å². The van der Waals surface area contributed by atoms with Gasteiger partial charge in [-0.2, -0.15) is 0 Å². The van der Waals surface area contributed by atoms with Crippen molar-refractivity contribution in [3.63, 3.8) is 0 Å². The molecule has 5 heteroatoms. The number of rotatable bonds is 2. The summed E-state index contributed by atoms with van der Waals surface area (Å²) in [6.45, 7) is 0. The monoisotopic (exact) mass is 270 g/mol. The van der Waals surface area contributed by atoms with Gasteiger partial charge in [0.1, 0.15) is 5.82 Å². The van der Waals surface area contributed by atoms with Crippen LogP contribution in [-0.4, -0.2) is 23.6 Å². The molecule has 0 spiro atoms. The zero-order chi connectivity index (χ0) is 14.3. The number of imidazole rings is 1. The molecule has 2 N–H and O–H groups in total. The van der Waals surface area contributed by atoms with Gasteiger partial charge >= 0.3 is 0 Å². The van der Waals surface area contributed by atoms with Crippen molar-refractivity contribution in [1.82, 2.24) is 9.55 Å². The average molecular weight is 270 g/mol. The zero-order valence-corrected chi connectivity index (χ0v) is 11.3. The summed E-state index contributed by atoms with van der Waals surface area (Å²) in [5.41, 5.74) is 9.25. The molecule has 0 aliphatic rings. The van der Waals surface area contributed by atoms with E-state index in [0.29, 0.717) is 17.0 Å². The third-order valence-electron chi connectivity index (χ3n) is 3.27. The van der Waals surface area contributed by atoms with Crippen molar-refractivity contribution in [2.45, 2.75) is 0 Å². The average Bonchev–Trinajstić information content (AvgIpc) is 2.74. The van der Waals surface area contributed by atoms with Crippen LogP contribution in [0.1, 0.15) is 0 Å². The van der Waals surface area contributed by atoms with E-state index in [1.165, 1.54) is 12.1 Å². The molecule has 0 bridgehead atoms. The van der Waals surface area contributed by atoms with Crippen LogP contribution in [0.15, 0.2) is 42.5 Å². The summed E-state index contributed by atoms with van der Waals surface area (Å²) < 4.78 is 15.2. The predicted octanol–water partition coefficient (Wildman–Crippen LogP) is 2.81. The largest absolute Gasteiger partial charge is 0.378 e. The van der Waals surface area contributed by atoms with Gasteiger partial charge in [0.25, 0.3) is 0 Å². The summed E-state index contributed by atoms with van der Waals surface area (Å²) in [5.74, 6) is 0.0479. The van der Waals surface area contributed by atoms with Crippen LogP contribution in [-0.2, 0) is 0 Å². The molecule has 0 saturated carbocycles. The van der Waals surface area contributed by atoms with Gasteiger partial charge in [-0.25, -0.2) is 9.37 Å². The maximum absolute atomic E-state index is 13.4. The van der Waals surface area contributed by atoms with E-state index in [9.17, 15) is 4.39 Å². The number of benzene rings is 2. The van der Waals surface area contributed by atoms with E-state index in [0.717, 1.165) is 11.4 Å². The highest BCUT2D eigenvalue weighted by molar-refractivity contribution is 5.81. The molecule has 1 aromatic heterocycles. The molecule has 0 aliphatic carbocycles. The summed E-state index contributed by atoms with van der Waals surface area (Å²) in [6, 6.07) is 12.3. The van der Waals surface area contributed by atoms with Crippen LogP contribution in [0.4, 0.5) is 16.0 Å². The maximum atomic E-state index is 13.4. The quantitative estimate of drug-likeness (QED) is 0.779. The van der Waals surface area contributed by atoms with Gasteiger partial charge < -0.3 is 10.6 Å². The summed E-state index contributed by atoms with van der Waals surface area (Å²) in [6.07, 6.45) is 0. The highest BCUT2D eigenvalue weighted by atomic mass is 19.1. The lowest BCUT2D eigenvalue weighted by molar-refractivity contribution is 0.629. The first-order chi connectivity index (χ1) is 9.56. The molecule has 20 heavy (non-hydrogen) atoms. The molecule has 4 nitrogen and oxygen atoms in total.